The highest BCUT2D eigenvalue weighted by atomic mass is 79.9. The Morgan fingerprint density at radius 2 is 1.83 bits per heavy atom. The zero-order valence-corrected chi connectivity index (χ0v) is 19.5. The fraction of sp³-hybridized carbons (Fsp3) is 0.350. The van der Waals surface area contributed by atoms with E-state index in [9.17, 15) is 13.2 Å². The van der Waals surface area contributed by atoms with Gasteiger partial charge in [0.15, 0.2) is 5.82 Å². The summed E-state index contributed by atoms with van der Waals surface area (Å²) in [5.74, 6) is -1.86. The van der Waals surface area contributed by atoms with Gasteiger partial charge in [0.2, 0.25) is 0 Å². The molecule has 0 radical (unpaired) electrons. The van der Waals surface area contributed by atoms with Gasteiger partial charge in [0.05, 0.1) is 0 Å². The van der Waals surface area contributed by atoms with Crippen molar-refractivity contribution in [1.29, 1.82) is 0 Å². The summed E-state index contributed by atoms with van der Waals surface area (Å²) in [7, 11) is -4.53. The second-order valence-electron chi connectivity index (χ2n) is 7.56. The van der Waals surface area contributed by atoms with Gasteiger partial charge in [-0.05, 0) is 39.3 Å². The molecular weight excluding hydrogens is 479 g/mol. The summed E-state index contributed by atoms with van der Waals surface area (Å²) in [6.45, 7) is 5.59. The number of carbonyl (C=O) groups excluding carboxylic acids is 1. The van der Waals surface area contributed by atoms with Crippen LogP contribution in [0.4, 0.5) is 10.1 Å². The summed E-state index contributed by atoms with van der Waals surface area (Å²) in [5, 5.41) is 5.31. The number of benzene rings is 2. The van der Waals surface area contributed by atoms with Gasteiger partial charge in [0, 0.05) is 10.0 Å². The minimum Gasteiger partial charge on any atom is -0.487 e. The van der Waals surface area contributed by atoms with Crippen LogP contribution in [-0.4, -0.2) is 26.5 Å². The van der Waals surface area contributed by atoms with Crippen molar-refractivity contribution in [3.8, 4) is 5.75 Å². The van der Waals surface area contributed by atoms with Crippen LogP contribution < -0.4 is 14.2 Å². The van der Waals surface area contributed by atoms with E-state index in [1.54, 1.807) is 32.9 Å². The fourth-order valence-electron chi connectivity index (χ4n) is 2.55. The number of halogens is 2. The Bertz CT molecular complexity index is 1020. The van der Waals surface area contributed by atoms with Gasteiger partial charge in [0.25, 0.3) is 10.2 Å². The third-order valence-corrected chi connectivity index (χ3v) is 5.62. The van der Waals surface area contributed by atoms with Crippen LogP contribution in [0.3, 0.4) is 0 Å². The lowest BCUT2D eigenvalue weighted by Crippen LogP contribution is -2.43. The number of esters is 1. The molecule has 2 aromatic carbocycles. The first-order valence-electron chi connectivity index (χ1n) is 8.97. The van der Waals surface area contributed by atoms with Gasteiger partial charge < -0.3 is 9.47 Å². The van der Waals surface area contributed by atoms with Crippen molar-refractivity contribution >= 4 is 37.8 Å². The van der Waals surface area contributed by atoms with Crippen LogP contribution in [0.2, 0.25) is 0 Å². The molecule has 10 heteroatoms. The molecule has 0 heterocycles. The van der Waals surface area contributed by atoms with Gasteiger partial charge in [-0.3, -0.25) is 4.79 Å². The molecule has 0 saturated heterocycles. The number of carbonyl (C=O) groups is 1. The summed E-state index contributed by atoms with van der Waals surface area (Å²) >= 11 is 3.24. The molecule has 30 heavy (non-hydrogen) atoms. The standard InChI is InChI=1S/C20H24BrFN2O5S/c1-13-15(21)10-16(28-12-14-8-6-5-7-9-14)19(18(13)22)24(30(23,26)27)11-17(25)29-20(2,3)4/h5-10H,11-12H2,1-4H3,(H2,23,26,27). The molecule has 0 aliphatic rings. The average molecular weight is 503 g/mol. The molecule has 0 unspecified atom stereocenters. The van der Waals surface area contributed by atoms with E-state index >= 15 is 4.39 Å². The van der Waals surface area contributed by atoms with Gasteiger partial charge in [-0.25, -0.2) is 13.8 Å². The van der Waals surface area contributed by atoms with E-state index in [2.05, 4.69) is 15.9 Å². The maximum absolute atomic E-state index is 15.2. The normalized spacial score (nSPS) is 11.8. The molecular formula is C20H24BrFN2O5S. The predicted octanol–water partition coefficient (Wildman–Crippen LogP) is 3.83. The molecule has 0 atom stereocenters. The summed E-state index contributed by atoms with van der Waals surface area (Å²) in [4.78, 5) is 12.3. The highest BCUT2D eigenvalue weighted by molar-refractivity contribution is 9.10. The number of rotatable bonds is 7. The van der Waals surface area contributed by atoms with Crippen LogP contribution in [0.5, 0.6) is 5.75 Å². The predicted molar refractivity (Wildman–Crippen MR) is 116 cm³/mol. The van der Waals surface area contributed by atoms with Crippen LogP contribution >= 0.6 is 15.9 Å². The van der Waals surface area contributed by atoms with E-state index in [1.165, 1.54) is 13.0 Å². The number of ether oxygens (including phenoxy) is 2. The molecule has 0 spiro atoms. The Morgan fingerprint density at radius 3 is 2.37 bits per heavy atom. The maximum atomic E-state index is 15.2. The van der Waals surface area contributed by atoms with Crippen molar-refractivity contribution in [1.82, 2.24) is 0 Å². The second-order valence-corrected chi connectivity index (χ2v) is 9.88. The first kappa shape index (κ1) is 24.1. The zero-order valence-electron chi connectivity index (χ0n) is 17.1. The van der Waals surface area contributed by atoms with Crippen LogP contribution in [-0.2, 0) is 26.3 Å². The van der Waals surface area contributed by atoms with Gasteiger partial charge in [-0.1, -0.05) is 46.3 Å². The van der Waals surface area contributed by atoms with Gasteiger partial charge in [-0.2, -0.15) is 8.42 Å². The molecule has 0 aromatic heterocycles. The number of nitrogens with two attached hydrogens (primary N) is 1. The van der Waals surface area contributed by atoms with E-state index in [0.29, 0.717) is 8.78 Å². The Labute approximate surface area is 184 Å². The quantitative estimate of drug-likeness (QED) is 0.580. The average Bonchev–Trinajstić information content (AvgIpc) is 2.62. The summed E-state index contributed by atoms with van der Waals surface area (Å²) in [5.41, 5.74) is -0.396. The molecule has 0 amide bonds. The van der Waals surface area contributed by atoms with E-state index in [4.69, 9.17) is 14.6 Å². The van der Waals surface area contributed by atoms with Crippen LogP contribution in [0.1, 0.15) is 31.9 Å². The summed E-state index contributed by atoms with van der Waals surface area (Å²) in [6, 6.07) is 10.5. The largest absolute Gasteiger partial charge is 0.487 e. The molecule has 0 aliphatic carbocycles. The van der Waals surface area contributed by atoms with Crippen molar-refractivity contribution in [2.75, 3.05) is 10.8 Å². The third kappa shape index (κ3) is 6.41. The molecule has 0 bridgehead atoms. The second kappa shape index (κ2) is 9.32. The van der Waals surface area contributed by atoms with Crippen molar-refractivity contribution < 1.29 is 27.1 Å². The van der Waals surface area contributed by atoms with E-state index in [1.807, 2.05) is 18.2 Å². The number of nitrogens with zero attached hydrogens (tertiary/aromatic N) is 1. The number of anilines is 1. The first-order chi connectivity index (χ1) is 13.8. The lowest BCUT2D eigenvalue weighted by molar-refractivity contribution is -0.152. The number of hydrogen-bond donors (Lipinski definition) is 1. The SMILES string of the molecule is Cc1c(Br)cc(OCc2ccccc2)c(N(CC(=O)OC(C)(C)C)S(N)(=O)=O)c1F. The number of hydrogen-bond acceptors (Lipinski definition) is 5. The Kier molecular flexibility index (Phi) is 7.49. The smallest absolute Gasteiger partial charge is 0.327 e. The molecule has 0 fully saturated rings. The van der Waals surface area contributed by atoms with E-state index < -0.39 is 39.8 Å². The molecule has 0 aliphatic heterocycles. The van der Waals surface area contributed by atoms with Gasteiger partial charge in [-0.15, -0.1) is 0 Å². The highest BCUT2D eigenvalue weighted by Gasteiger charge is 2.31. The minimum absolute atomic E-state index is 0.0493. The summed E-state index contributed by atoms with van der Waals surface area (Å²) in [6.07, 6.45) is 0. The van der Waals surface area contributed by atoms with Gasteiger partial charge in [0.1, 0.15) is 30.2 Å². The Hall–Kier alpha value is -2.17. The summed E-state index contributed by atoms with van der Waals surface area (Å²) < 4.78 is 51.5. The maximum Gasteiger partial charge on any atom is 0.327 e. The Morgan fingerprint density at radius 1 is 1.23 bits per heavy atom. The van der Waals surface area contributed by atoms with E-state index in [0.717, 1.165) is 5.56 Å². The lowest BCUT2D eigenvalue weighted by atomic mass is 10.1. The van der Waals surface area contributed by atoms with Crippen LogP contribution in [0.25, 0.3) is 0 Å². The van der Waals surface area contributed by atoms with E-state index in [-0.39, 0.29) is 17.9 Å². The minimum atomic E-state index is -4.53. The molecule has 7 nitrogen and oxygen atoms in total. The molecule has 2 aromatic rings. The molecule has 164 valence electrons. The van der Waals surface area contributed by atoms with Crippen LogP contribution in [0, 0.1) is 12.7 Å². The molecule has 0 saturated carbocycles. The molecule has 2 rings (SSSR count). The van der Waals surface area contributed by atoms with Crippen molar-refractivity contribution in [2.24, 2.45) is 5.14 Å². The van der Waals surface area contributed by atoms with Crippen molar-refractivity contribution in [3.05, 3.63) is 57.8 Å². The Balaban J connectivity index is 2.50. The highest BCUT2D eigenvalue weighted by Crippen LogP contribution is 2.39. The third-order valence-electron chi connectivity index (χ3n) is 3.87. The monoisotopic (exact) mass is 502 g/mol. The van der Waals surface area contributed by atoms with Gasteiger partial charge >= 0.3 is 5.97 Å². The topological polar surface area (TPSA) is 98.9 Å². The molecule has 2 N–H and O–H groups in total. The first-order valence-corrected chi connectivity index (χ1v) is 11.3. The van der Waals surface area contributed by atoms with Crippen LogP contribution in [0.15, 0.2) is 40.9 Å². The van der Waals surface area contributed by atoms with Crippen molar-refractivity contribution in [2.45, 2.75) is 39.9 Å². The zero-order chi connectivity index (χ0) is 22.7. The van der Waals surface area contributed by atoms with Crippen molar-refractivity contribution in [3.63, 3.8) is 0 Å². The lowest BCUT2D eigenvalue weighted by Gasteiger charge is -2.27. The fourth-order valence-corrected chi connectivity index (χ4v) is 3.64.